The lowest BCUT2D eigenvalue weighted by atomic mass is 9.95. The number of methoxy groups -OCH3 is 1. The van der Waals surface area contributed by atoms with Crippen molar-refractivity contribution in [1.82, 2.24) is 4.90 Å². The fourth-order valence-corrected chi connectivity index (χ4v) is 1.87. The van der Waals surface area contributed by atoms with E-state index in [1.54, 1.807) is 4.90 Å². The Morgan fingerprint density at radius 2 is 1.81 bits per heavy atom. The lowest BCUT2D eigenvalue weighted by molar-refractivity contribution is -0.154. The van der Waals surface area contributed by atoms with Gasteiger partial charge in [-0.15, -0.1) is 0 Å². The first kappa shape index (κ1) is 13.0. The van der Waals surface area contributed by atoms with Gasteiger partial charge in [0.1, 0.15) is 5.60 Å². The fraction of sp³-hybridized carbons (Fsp3) is 0.818. The molecule has 0 unspecified atom stereocenters. The first-order chi connectivity index (χ1) is 7.36. The molecule has 0 radical (unpaired) electrons. The van der Waals surface area contributed by atoms with Crippen molar-refractivity contribution in [2.24, 2.45) is 5.92 Å². The first-order valence-corrected chi connectivity index (χ1v) is 5.46. The van der Waals surface area contributed by atoms with E-state index in [-0.39, 0.29) is 17.8 Å². The lowest BCUT2D eigenvalue weighted by Crippen LogP contribution is -2.49. The van der Waals surface area contributed by atoms with Crippen LogP contribution in [-0.4, -0.2) is 47.7 Å². The van der Waals surface area contributed by atoms with E-state index < -0.39 is 5.60 Å². The molecule has 92 valence electrons. The van der Waals surface area contributed by atoms with Gasteiger partial charge in [-0.3, -0.25) is 9.59 Å². The molecule has 0 aromatic carbocycles. The minimum Gasteiger partial charge on any atom is -0.469 e. The van der Waals surface area contributed by atoms with Crippen LogP contribution >= 0.6 is 0 Å². The third kappa shape index (κ3) is 2.95. The fourth-order valence-electron chi connectivity index (χ4n) is 1.87. The summed E-state index contributed by atoms with van der Waals surface area (Å²) < 4.78 is 4.66. The third-order valence-corrected chi connectivity index (χ3v) is 2.84. The number of piperidine rings is 1. The van der Waals surface area contributed by atoms with Crippen molar-refractivity contribution in [3.05, 3.63) is 0 Å². The van der Waals surface area contributed by atoms with Crippen LogP contribution in [0.15, 0.2) is 0 Å². The molecule has 5 nitrogen and oxygen atoms in total. The van der Waals surface area contributed by atoms with Gasteiger partial charge in [-0.25, -0.2) is 0 Å². The van der Waals surface area contributed by atoms with E-state index in [0.717, 1.165) is 0 Å². The van der Waals surface area contributed by atoms with Gasteiger partial charge in [0, 0.05) is 13.1 Å². The Hall–Kier alpha value is -1.10. The number of amides is 1. The van der Waals surface area contributed by atoms with Crippen LogP contribution in [0.2, 0.25) is 0 Å². The van der Waals surface area contributed by atoms with Crippen molar-refractivity contribution in [3.8, 4) is 0 Å². The number of nitrogens with zero attached hydrogens (tertiary/aromatic N) is 1. The first-order valence-electron chi connectivity index (χ1n) is 5.46. The summed E-state index contributed by atoms with van der Waals surface area (Å²) in [6.07, 6.45) is 1.21. The van der Waals surface area contributed by atoms with Crippen molar-refractivity contribution in [1.29, 1.82) is 0 Å². The molecule has 5 heteroatoms. The number of carbonyl (C=O) groups is 2. The molecule has 0 aromatic rings. The van der Waals surface area contributed by atoms with Crippen molar-refractivity contribution >= 4 is 11.9 Å². The van der Waals surface area contributed by atoms with Gasteiger partial charge in [-0.2, -0.15) is 0 Å². The Balaban J connectivity index is 2.49. The maximum Gasteiger partial charge on any atom is 0.308 e. The molecule has 1 saturated heterocycles. The number of carbonyl (C=O) groups excluding carboxylic acids is 2. The Morgan fingerprint density at radius 1 is 1.31 bits per heavy atom. The Labute approximate surface area is 95.4 Å². The highest BCUT2D eigenvalue weighted by molar-refractivity contribution is 5.84. The van der Waals surface area contributed by atoms with E-state index in [0.29, 0.717) is 25.9 Å². The third-order valence-electron chi connectivity index (χ3n) is 2.84. The average molecular weight is 229 g/mol. The van der Waals surface area contributed by atoms with Crippen molar-refractivity contribution in [3.63, 3.8) is 0 Å². The minimum atomic E-state index is -1.34. The monoisotopic (exact) mass is 229 g/mol. The predicted molar refractivity (Wildman–Crippen MR) is 57.6 cm³/mol. The highest BCUT2D eigenvalue weighted by Crippen LogP contribution is 2.20. The number of rotatable bonds is 2. The molecule has 1 amide bonds. The molecule has 1 heterocycles. The van der Waals surface area contributed by atoms with Gasteiger partial charge in [-0.05, 0) is 26.7 Å². The molecule has 1 aliphatic heterocycles. The van der Waals surface area contributed by atoms with Crippen LogP contribution < -0.4 is 0 Å². The van der Waals surface area contributed by atoms with Gasteiger partial charge < -0.3 is 14.7 Å². The van der Waals surface area contributed by atoms with Crippen molar-refractivity contribution in [2.45, 2.75) is 32.3 Å². The number of hydrogen-bond acceptors (Lipinski definition) is 4. The predicted octanol–water partition coefficient (Wildman–Crippen LogP) is 0.169. The zero-order valence-electron chi connectivity index (χ0n) is 10.0. The molecule has 0 saturated carbocycles. The van der Waals surface area contributed by atoms with Crippen LogP contribution in [0.3, 0.4) is 0 Å². The molecule has 1 fully saturated rings. The SMILES string of the molecule is COC(=O)C1CCN(C(=O)C(C)(C)O)CC1. The minimum absolute atomic E-state index is 0.115. The summed E-state index contributed by atoms with van der Waals surface area (Å²) in [7, 11) is 1.37. The summed E-state index contributed by atoms with van der Waals surface area (Å²) in [6, 6.07) is 0. The van der Waals surface area contributed by atoms with Gasteiger partial charge in [0.15, 0.2) is 0 Å². The van der Waals surface area contributed by atoms with E-state index in [4.69, 9.17) is 0 Å². The summed E-state index contributed by atoms with van der Waals surface area (Å²) in [5.41, 5.74) is -1.34. The molecule has 1 rings (SSSR count). The molecule has 0 atom stereocenters. The lowest BCUT2D eigenvalue weighted by Gasteiger charge is -2.34. The second-order valence-electron chi connectivity index (χ2n) is 4.65. The molecule has 0 aliphatic carbocycles. The summed E-state index contributed by atoms with van der Waals surface area (Å²) >= 11 is 0. The molecule has 1 N–H and O–H groups in total. The molecule has 0 bridgehead atoms. The van der Waals surface area contributed by atoms with Crippen LogP contribution in [0.5, 0.6) is 0 Å². The summed E-state index contributed by atoms with van der Waals surface area (Å²) in [4.78, 5) is 24.6. The van der Waals surface area contributed by atoms with Crippen LogP contribution in [-0.2, 0) is 14.3 Å². The van der Waals surface area contributed by atoms with Gasteiger partial charge in [0.2, 0.25) is 0 Å². The standard InChI is InChI=1S/C11H19NO4/c1-11(2,15)10(14)12-6-4-8(5-7-12)9(13)16-3/h8,15H,4-7H2,1-3H3. The van der Waals surface area contributed by atoms with Gasteiger partial charge in [-0.1, -0.05) is 0 Å². The van der Waals surface area contributed by atoms with E-state index in [1.807, 2.05) is 0 Å². The van der Waals surface area contributed by atoms with E-state index in [2.05, 4.69) is 4.74 Å². The largest absolute Gasteiger partial charge is 0.469 e. The topological polar surface area (TPSA) is 66.8 Å². The number of likely N-dealkylation sites (tertiary alicyclic amines) is 1. The van der Waals surface area contributed by atoms with Crippen molar-refractivity contribution < 1.29 is 19.4 Å². The zero-order valence-corrected chi connectivity index (χ0v) is 10.0. The molecule has 1 aliphatic rings. The summed E-state index contributed by atoms with van der Waals surface area (Å²) in [5, 5.41) is 9.58. The second kappa shape index (κ2) is 4.82. The van der Waals surface area contributed by atoms with E-state index in [1.165, 1.54) is 21.0 Å². The highest BCUT2D eigenvalue weighted by atomic mass is 16.5. The maximum absolute atomic E-state index is 11.7. The Morgan fingerprint density at radius 3 is 2.19 bits per heavy atom. The van der Waals surface area contributed by atoms with Crippen LogP contribution in [0.1, 0.15) is 26.7 Å². The molecular formula is C11H19NO4. The number of esters is 1. The smallest absolute Gasteiger partial charge is 0.308 e. The molecule has 0 spiro atoms. The maximum atomic E-state index is 11.7. The van der Waals surface area contributed by atoms with E-state index in [9.17, 15) is 14.7 Å². The number of ether oxygens (including phenoxy) is 1. The Kier molecular flexibility index (Phi) is 3.91. The zero-order chi connectivity index (χ0) is 12.3. The second-order valence-corrected chi connectivity index (χ2v) is 4.65. The van der Waals surface area contributed by atoms with Gasteiger partial charge in [0.05, 0.1) is 13.0 Å². The quantitative estimate of drug-likeness (QED) is 0.685. The highest BCUT2D eigenvalue weighted by Gasteiger charge is 2.33. The van der Waals surface area contributed by atoms with Gasteiger partial charge in [0.25, 0.3) is 5.91 Å². The summed E-state index contributed by atoms with van der Waals surface area (Å²) in [6.45, 7) is 3.95. The van der Waals surface area contributed by atoms with Gasteiger partial charge >= 0.3 is 5.97 Å². The molecule has 0 aromatic heterocycles. The normalized spacial score (nSPS) is 18.4. The Bertz CT molecular complexity index is 274. The summed E-state index contributed by atoms with van der Waals surface area (Å²) in [5.74, 6) is -0.609. The number of aliphatic hydroxyl groups is 1. The van der Waals surface area contributed by atoms with E-state index >= 15 is 0 Å². The average Bonchev–Trinajstić information content (AvgIpc) is 2.26. The van der Waals surface area contributed by atoms with Crippen molar-refractivity contribution in [2.75, 3.05) is 20.2 Å². The van der Waals surface area contributed by atoms with Crippen LogP contribution in [0, 0.1) is 5.92 Å². The number of hydrogen-bond donors (Lipinski definition) is 1. The molecular weight excluding hydrogens is 210 g/mol. The molecule has 16 heavy (non-hydrogen) atoms. The van der Waals surface area contributed by atoms with Crippen LogP contribution in [0.4, 0.5) is 0 Å². The van der Waals surface area contributed by atoms with Crippen LogP contribution in [0.25, 0.3) is 0 Å².